The van der Waals surface area contributed by atoms with Gasteiger partial charge in [-0.25, -0.2) is 4.98 Å². The lowest BCUT2D eigenvalue weighted by atomic mass is 10.1. The SMILES string of the molecule is CCN1CCN(c2cc(C)nc3c(-c4ccc(Cl)cc4)c(C(F)(F)F)nn23)CC1. The lowest BCUT2D eigenvalue weighted by Gasteiger charge is -2.35. The van der Waals surface area contributed by atoms with Gasteiger partial charge in [0, 0.05) is 43.0 Å². The number of alkyl halides is 3. The highest BCUT2D eigenvalue weighted by Crippen LogP contribution is 2.40. The summed E-state index contributed by atoms with van der Waals surface area (Å²) >= 11 is 5.93. The summed E-state index contributed by atoms with van der Waals surface area (Å²) < 4.78 is 43.0. The molecule has 5 nitrogen and oxygen atoms in total. The van der Waals surface area contributed by atoms with E-state index >= 15 is 0 Å². The zero-order chi connectivity index (χ0) is 20.8. The summed E-state index contributed by atoms with van der Waals surface area (Å²) in [5.74, 6) is 0.633. The number of piperazine rings is 1. The highest BCUT2D eigenvalue weighted by atomic mass is 35.5. The number of fused-ring (bicyclic) bond motifs is 1. The molecule has 1 aromatic carbocycles. The Kier molecular flexibility index (Phi) is 5.16. The van der Waals surface area contributed by atoms with E-state index in [9.17, 15) is 13.2 Å². The Balaban J connectivity index is 1.91. The predicted octanol–water partition coefficient (Wildman–Crippen LogP) is 4.52. The normalized spacial score (nSPS) is 16.0. The van der Waals surface area contributed by atoms with Gasteiger partial charge in [0.15, 0.2) is 11.3 Å². The van der Waals surface area contributed by atoms with E-state index in [1.54, 1.807) is 37.3 Å². The summed E-state index contributed by atoms with van der Waals surface area (Å²) in [6.45, 7) is 8.02. The standard InChI is InChI=1S/C20H21ClF3N5/c1-3-27-8-10-28(11-9-27)16-12-13(2)25-19-17(14-4-6-15(21)7-5-14)18(20(22,23)24)26-29(16)19/h4-7,12H,3,8-11H2,1-2H3. The topological polar surface area (TPSA) is 36.7 Å². The lowest BCUT2D eigenvalue weighted by Crippen LogP contribution is -2.46. The minimum Gasteiger partial charge on any atom is -0.354 e. The predicted molar refractivity (Wildman–Crippen MR) is 107 cm³/mol. The van der Waals surface area contributed by atoms with Gasteiger partial charge in [0.1, 0.15) is 5.82 Å². The summed E-state index contributed by atoms with van der Waals surface area (Å²) in [7, 11) is 0. The number of aryl methyl sites for hydroxylation is 1. The van der Waals surface area contributed by atoms with E-state index in [0.29, 0.717) is 22.1 Å². The lowest BCUT2D eigenvalue weighted by molar-refractivity contribution is -0.140. The third kappa shape index (κ3) is 3.79. The number of hydrogen-bond donors (Lipinski definition) is 0. The molecule has 0 amide bonds. The number of nitrogens with zero attached hydrogens (tertiary/aromatic N) is 5. The minimum absolute atomic E-state index is 0.0219. The van der Waals surface area contributed by atoms with E-state index in [1.807, 2.05) is 0 Å². The zero-order valence-electron chi connectivity index (χ0n) is 16.2. The molecule has 154 valence electrons. The number of aromatic nitrogens is 3. The van der Waals surface area contributed by atoms with Gasteiger partial charge >= 0.3 is 6.18 Å². The van der Waals surface area contributed by atoms with Crippen LogP contribution in [0.2, 0.25) is 5.02 Å². The summed E-state index contributed by atoms with van der Waals surface area (Å²) in [6, 6.07) is 8.08. The van der Waals surface area contributed by atoms with Crippen LogP contribution in [0.1, 0.15) is 18.3 Å². The Hall–Kier alpha value is -2.32. The van der Waals surface area contributed by atoms with Crippen LogP contribution in [0.4, 0.5) is 19.0 Å². The Bertz CT molecular complexity index is 1020. The molecule has 3 aromatic rings. The van der Waals surface area contributed by atoms with Crippen molar-refractivity contribution in [2.24, 2.45) is 0 Å². The average Bonchev–Trinajstić information content (AvgIpc) is 3.08. The molecule has 3 heterocycles. The Labute approximate surface area is 171 Å². The molecule has 0 saturated carbocycles. The Morgan fingerprint density at radius 2 is 1.72 bits per heavy atom. The van der Waals surface area contributed by atoms with Crippen molar-refractivity contribution in [1.29, 1.82) is 0 Å². The third-order valence-electron chi connectivity index (χ3n) is 5.24. The molecule has 0 N–H and O–H groups in total. The molecule has 9 heteroatoms. The largest absolute Gasteiger partial charge is 0.435 e. The van der Waals surface area contributed by atoms with Gasteiger partial charge < -0.3 is 9.80 Å². The summed E-state index contributed by atoms with van der Waals surface area (Å²) in [5, 5.41) is 4.44. The van der Waals surface area contributed by atoms with Crippen molar-refractivity contribution in [3.8, 4) is 11.1 Å². The van der Waals surface area contributed by atoms with Gasteiger partial charge in [0.2, 0.25) is 0 Å². The van der Waals surface area contributed by atoms with Gasteiger partial charge in [-0.2, -0.15) is 22.8 Å². The molecule has 4 rings (SSSR count). The monoisotopic (exact) mass is 423 g/mol. The average molecular weight is 424 g/mol. The molecule has 0 bridgehead atoms. The molecule has 0 atom stereocenters. The molecular weight excluding hydrogens is 403 g/mol. The Morgan fingerprint density at radius 3 is 2.31 bits per heavy atom. The molecule has 1 aliphatic heterocycles. The van der Waals surface area contributed by atoms with Crippen LogP contribution in [0.5, 0.6) is 0 Å². The third-order valence-corrected chi connectivity index (χ3v) is 5.50. The second kappa shape index (κ2) is 7.50. The number of halogens is 4. The first-order valence-corrected chi connectivity index (χ1v) is 9.86. The first-order chi connectivity index (χ1) is 13.8. The molecule has 0 aliphatic carbocycles. The fourth-order valence-electron chi connectivity index (χ4n) is 3.72. The van der Waals surface area contributed by atoms with Gasteiger partial charge in [-0.1, -0.05) is 30.7 Å². The number of benzene rings is 1. The molecule has 2 aromatic heterocycles. The Morgan fingerprint density at radius 1 is 1.07 bits per heavy atom. The van der Waals surface area contributed by atoms with E-state index in [1.165, 1.54) is 4.52 Å². The highest BCUT2D eigenvalue weighted by molar-refractivity contribution is 6.30. The number of anilines is 1. The van der Waals surface area contributed by atoms with Crippen LogP contribution in [0, 0.1) is 6.92 Å². The zero-order valence-corrected chi connectivity index (χ0v) is 16.9. The summed E-state index contributed by atoms with van der Waals surface area (Å²) in [4.78, 5) is 8.81. The molecule has 29 heavy (non-hydrogen) atoms. The van der Waals surface area contributed by atoms with Crippen LogP contribution >= 0.6 is 11.6 Å². The molecule has 0 radical (unpaired) electrons. The van der Waals surface area contributed by atoms with Crippen LogP contribution < -0.4 is 4.90 Å². The quantitative estimate of drug-likeness (QED) is 0.620. The minimum atomic E-state index is -4.60. The van der Waals surface area contributed by atoms with Gasteiger partial charge in [-0.15, -0.1) is 0 Å². The van der Waals surface area contributed by atoms with Crippen LogP contribution in [0.25, 0.3) is 16.8 Å². The van der Waals surface area contributed by atoms with E-state index in [-0.39, 0.29) is 11.2 Å². The first kappa shape index (κ1) is 20.0. The van der Waals surface area contributed by atoms with Gasteiger partial charge in [-0.05, 0) is 31.2 Å². The molecule has 0 spiro atoms. The number of likely N-dealkylation sites (N-methyl/N-ethyl adjacent to an activating group) is 1. The van der Waals surface area contributed by atoms with Gasteiger partial charge in [0.05, 0.1) is 5.56 Å². The number of hydrogen-bond acceptors (Lipinski definition) is 4. The fourth-order valence-corrected chi connectivity index (χ4v) is 3.84. The first-order valence-electron chi connectivity index (χ1n) is 9.48. The van der Waals surface area contributed by atoms with Crippen LogP contribution in [0.3, 0.4) is 0 Å². The molecule has 1 fully saturated rings. The van der Waals surface area contributed by atoms with Crippen molar-refractivity contribution in [1.82, 2.24) is 19.5 Å². The second-order valence-electron chi connectivity index (χ2n) is 7.14. The molecule has 1 saturated heterocycles. The molecule has 1 aliphatic rings. The smallest absolute Gasteiger partial charge is 0.354 e. The van der Waals surface area contributed by atoms with E-state index < -0.39 is 11.9 Å². The maximum atomic E-state index is 13.9. The maximum Gasteiger partial charge on any atom is 0.435 e. The van der Waals surface area contributed by atoms with Gasteiger partial charge in [-0.3, -0.25) is 0 Å². The summed E-state index contributed by atoms with van der Waals surface area (Å²) in [5.41, 5.74) is 0.274. The van der Waals surface area contributed by atoms with Crippen molar-refractivity contribution < 1.29 is 13.2 Å². The van der Waals surface area contributed by atoms with Gasteiger partial charge in [0.25, 0.3) is 0 Å². The van der Waals surface area contributed by atoms with Crippen LogP contribution in [-0.2, 0) is 6.18 Å². The van der Waals surface area contributed by atoms with E-state index in [4.69, 9.17) is 11.6 Å². The molecular formula is C20H21ClF3N5. The van der Waals surface area contributed by atoms with Crippen molar-refractivity contribution in [2.45, 2.75) is 20.0 Å². The van der Waals surface area contributed by atoms with Crippen LogP contribution in [-0.4, -0.2) is 52.2 Å². The molecule has 0 unspecified atom stereocenters. The fraction of sp³-hybridized carbons (Fsp3) is 0.400. The van der Waals surface area contributed by atoms with Crippen molar-refractivity contribution in [3.63, 3.8) is 0 Å². The van der Waals surface area contributed by atoms with E-state index in [2.05, 4.69) is 26.8 Å². The summed E-state index contributed by atoms with van der Waals surface area (Å²) in [6.07, 6.45) is -4.60. The van der Waals surface area contributed by atoms with Crippen molar-refractivity contribution in [3.05, 3.63) is 46.7 Å². The van der Waals surface area contributed by atoms with Crippen LogP contribution in [0.15, 0.2) is 30.3 Å². The van der Waals surface area contributed by atoms with Crippen molar-refractivity contribution >= 4 is 23.1 Å². The highest BCUT2D eigenvalue weighted by Gasteiger charge is 2.39. The van der Waals surface area contributed by atoms with E-state index in [0.717, 1.165) is 32.7 Å². The number of rotatable bonds is 3. The maximum absolute atomic E-state index is 13.9. The second-order valence-corrected chi connectivity index (χ2v) is 7.58. The van der Waals surface area contributed by atoms with Crippen molar-refractivity contribution in [2.75, 3.05) is 37.6 Å².